The maximum absolute atomic E-state index is 8.26. The standard InChI is InChI=1S/C19H17N3O2.C15H14N8O.C9H13ClN2O.C9H13N5O.C4H5ClN2.ClH.N3.Na.H3P/c1-4-16-15-6-5-7-17(24-3)18(15)22-19(21-16)20-12-13-8-10-14(23-2)11-9-13;1-24-12-4-2-3-10-13(18-15(16)19-14(10)12)11-8-23(22-21-11)7-9-5-6-17-20-9;10-7-8-4-5-11-12(8)9-3-1-2-6-13-9;10-13-11-7-8-4-5-12-14(8)9-3-1-2-6-15-9;5-3-4-1-2-6-7-4;;1-3-2;;/h1,5-11H,12H2,2-3H3,(H,20,21,22);2-6,8H,7H2,1H3,(H,17,20)(H2,16,18,19);4-5,9H,1-3,6-7H2;4-5,9H,1-3,6-7H2;1-2H,3H2,(H,6,7);1H;;;1H3/q;;;;;;-1;+1;/i;;;;;;;;1D. The molecule has 10 aromatic rings. The van der Waals surface area contributed by atoms with Crippen LogP contribution in [0.5, 0.6) is 17.2 Å². The zero-order chi connectivity index (χ0) is 62.9. The van der Waals surface area contributed by atoms with Crippen LogP contribution in [0.4, 0.5) is 11.9 Å². The number of hydrogen-bond donors (Lipinski definition) is 4. The first kappa shape index (κ1) is 71.5. The Labute approximate surface area is 555 Å². The van der Waals surface area contributed by atoms with Crippen LogP contribution < -0.4 is 54.8 Å². The zero-order valence-electron chi connectivity index (χ0n) is 50.3. The number of nitrogen functional groups attached to an aromatic ring is 1. The van der Waals surface area contributed by atoms with E-state index in [1.807, 2.05) is 100 Å². The smallest absolute Gasteiger partial charge is 0.497 e. The molecule has 2 aliphatic rings. The van der Waals surface area contributed by atoms with E-state index in [2.05, 4.69) is 82.1 Å². The number of azide groups is 1. The van der Waals surface area contributed by atoms with Gasteiger partial charge in [0.05, 0.1) is 65.0 Å². The Balaban J connectivity index is 0.000000245. The number of nitrogens with two attached hydrogens (primary N) is 1. The molecule has 462 valence electrons. The van der Waals surface area contributed by atoms with Crippen LogP contribution in [-0.2, 0) is 40.9 Å². The molecule has 7 aromatic heterocycles. The number of alkyl halides is 2. The average molecular weight is 1300 g/mol. The van der Waals surface area contributed by atoms with E-state index in [1.165, 1.54) is 11.3 Å². The van der Waals surface area contributed by atoms with Crippen molar-refractivity contribution in [2.45, 2.75) is 82.4 Å². The van der Waals surface area contributed by atoms with E-state index in [0.29, 0.717) is 77.0 Å². The van der Waals surface area contributed by atoms with Crippen molar-refractivity contribution in [1.82, 2.24) is 74.9 Å². The van der Waals surface area contributed by atoms with Gasteiger partial charge in [0.1, 0.15) is 51.6 Å². The third kappa shape index (κ3) is 21.5. The second kappa shape index (κ2) is 39.6. The van der Waals surface area contributed by atoms with Crippen molar-refractivity contribution in [2.24, 2.45) is 5.11 Å². The maximum Gasteiger partial charge on any atom is 1.00 e. The SMILES string of the molecule is C#Cc1nc(NCc2ccc(OC)cc2)nc2c(OC)cccc12.COc1cccc2c(-c3cn(Cc4ccn[nH]4)nn3)nc(N)nc12.Cl.ClCc1ccn[nH]1.ClCc1ccnn1C1CCCCO1.[2H]P.[N-]=[N+]=NCc1ccnn1C1CCCCO1.[N-]=[N+]=[N-].[Na+]. The Morgan fingerprint density at radius 2 is 1.36 bits per heavy atom. The van der Waals surface area contributed by atoms with Gasteiger partial charge in [0.2, 0.25) is 11.9 Å². The fraction of sp³-hybridized carbons (Fsp3) is 0.321. The molecule has 0 amide bonds. The first-order chi connectivity index (χ1) is 43.2. The summed E-state index contributed by atoms with van der Waals surface area (Å²) < 4.78 is 38.2. The van der Waals surface area contributed by atoms with Crippen LogP contribution in [0.2, 0.25) is 0 Å². The number of para-hydroxylation sites is 2. The van der Waals surface area contributed by atoms with Gasteiger partial charge in [0.15, 0.2) is 6.23 Å². The summed E-state index contributed by atoms with van der Waals surface area (Å²) in [6, 6.07) is 26.5. The summed E-state index contributed by atoms with van der Waals surface area (Å²) in [5.74, 6) is 6.37. The van der Waals surface area contributed by atoms with Gasteiger partial charge in [-0.1, -0.05) is 40.7 Å². The monoisotopic (exact) mass is 1300 g/mol. The molecule has 9 heterocycles. The summed E-state index contributed by atoms with van der Waals surface area (Å²) in [5.41, 5.74) is 35.6. The van der Waals surface area contributed by atoms with Crippen molar-refractivity contribution < 1.29 is 53.2 Å². The summed E-state index contributed by atoms with van der Waals surface area (Å²) in [6.07, 6.45) is 21.0. The Kier molecular flexibility index (Phi) is 31.8. The number of terminal acetylenes is 1. The number of H-pyrrole nitrogens is 2. The molecule has 3 unspecified atom stereocenters. The Hall–Kier alpha value is -8.28. The normalized spacial score (nSPS) is 13.6. The van der Waals surface area contributed by atoms with Crippen LogP contribution in [0, 0.1) is 12.3 Å². The molecule has 3 atom stereocenters. The van der Waals surface area contributed by atoms with E-state index in [9.17, 15) is 0 Å². The molecule has 33 heteroatoms. The van der Waals surface area contributed by atoms with E-state index in [4.69, 9.17) is 76.9 Å². The van der Waals surface area contributed by atoms with E-state index in [-0.39, 0.29) is 60.4 Å². The number of halogens is 3. The van der Waals surface area contributed by atoms with E-state index < -0.39 is 0 Å². The minimum Gasteiger partial charge on any atom is -0.497 e. The molecule has 0 saturated carbocycles. The van der Waals surface area contributed by atoms with Crippen molar-refractivity contribution in [2.75, 3.05) is 45.6 Å². The summed E-state index contributed by atoms with van der Waals surface area (Å²) in [5, 5.41) is 38.3. The molecule has 12 rings (SSSR count). The zero-order valence-corrected chi connectivity index (χ0v) is 54.7. The Bertz CT molecular complexity index is 3800. The number of aromatic nitrogens is 15. The minimum absolute atomic E-state index is 0. The van der Waals surface area contributed by atoms with Gasteiger partial charge in [0.25, 0.3) is 0 Å². The quantitative estimate of drug-likeness (QED) is 0.0142. The summed E-state index contributed by atoms with van der Waals surface area (Å²) >= 11 is 11.2. The molecule has 89 heavy (non-hydrogen) atoms. The third-order valence-corrected chi connectivity index (χ3v) is 13.3. The maximum atomic E-state index is 8.26. The molecule has 0 bridgehead atoms. The van der Waals surface area contributed by atoms with E-state index in [0.717, 1.165) is 90.2 Å². The fourth-order valence-electron chi connectivity index (χ4n) is 8.67. The first-order valence-corrected chi connectivity index (χ1v) is 27.8. The molecular formula is C56H66Cl3N23NaO5P. The number of hydrogen-bond acceptors (Lipinski definition) is 18. The van der Waals surface area contributed by atoms with Gasteiger partial charge in [-0.15, -0.1) is 47.1 Å². The number of ether oxygens (including phenoxy) is 5. The van der Waals surface area contributed by atoms with Gasteiger partial charge in [-0.3, -0.25) is 15.1 Å². The first-order valence-electron chi connectivity index (χ1n) is 27.3. The molecule has 2 fully saturated rings. The number of fused-ring (bicyclic) bond motifs is 2. The van der Waals surface area contributed by atoms with Crippen molar-refractivity contribution in [1.29, 1.82) is 1.28 Å². The van der Waals surface area contributed by atoms with Crippen molar-refractivity contribution >= 4 is 79.2 Å². The third-order valence-electron chi connectivity index (χ3n) is 12.8. The van der Waals surface area contributed by atoms with Crippen LogP contribution in [-0.4, -0.2) is 111 Å². The van der Waals surface area contributed by atoms with Crippen LogP contribution in [0.1, 0.15) is 85.0 Å². The summed E-state index contributed by atoms with van der Waals surface area (Å²) in [4.78, 5) is 21.8. The van der Waals surface area contributed by atoms with Crippen molar-refractivity contribution in [3.05, 3.63) is 176 Å². The number of nitrogens with one attached hydrogen (secondary N) is 3. The van der Waals surface area contributed by atoms with Crippen molar-refractivity contribution in [3.63, 3.8) is 0 Å². The molecule has 2 aliphatic heterocycles. The van der Waals surface area contributed by atoms with Crippen molar-refractivity contribution in [3.8, 4) is 41.0 Å². The topological polar surface area (TPSA) is 367 Å². The molecular weight excluding hydrogens is 1240 g/mol. The molecule has 2 saturated heterocycles. The van der Waals surface area contributed by atoms with Crippen LogP contribution in [0.15, 0.2) is 121 Å². The fourth-order valence-corrected chi connectivity index (χ4v) is 9.03. The molecule has 0 spiro atoms. The van der Waals surface area contributed by atoms with Gasteiger partial charge >= 0.3 is 29.6 Å². The molecule has 28 nitrogen and oxygen atoms in total. The number of nitrogens with zero attached hydrogens (tertiary/aromatic N) is 19. The van der Waals surface area contributed by atoms with Crippen LogP contribution in [0.3, 0.4) is 0 Å². The Morgan fingerprint density at radius 1 is 0.764 bits per heavy atom. The molecule has 3 aromatic carbocycles. The molecule has 5 N–H and O–H groups in total. The van der Waals surface area contributed by atoms with Gasteiger partial charge in [-0.2, -0.15) is 30.2 Å². The van der Waals surface area contributed by atoms with Gasteiger partial charge in [-0.05, 0) is 110 Å². The van der Waals surface area contributed by atoms with Crippen LogP contribution >= 0.6 is 45.5 Å². The van der Waals surface area contributed by atoms with E-state index in [1.54, 1.807) is 60.6 Å². The number of anilines is 2. The Morgan fingerprint density at radius 3 is 1.89 bits per heavy atom. The minimum atomic E-state index is 0. The predicted molar refractivity (Wildman–Crippen MR) is 343 cm³/mol. The van der Waals surface area contributed by atoms with Gasteiger partial charge in [-0.25, -0.2) is 34.0 Å². The molecule has 0 aliphatic carbocycles. The number of benzene rings is 3. The predicted octanol–water partition coefficient (Wildman–Crippen LogP) is 8.70. The second-order valence-electron chi connectivity index (χ2n) is 18.3. The van der Waals surface area contributed by atoms with E-state index >= 15 is 0 Å². The van der Waals surface area contributed by atoms with Crippen LogP contribution in [0.25, 0.3) is 59.6 Å². The van der Waals surface area contributed by atoms with Gasteiger partial charge in [0, 0.05) is 71.6 Å². The second-order valence-corrected chi connectivity index (χ2v) is 18.8. The summed E-state index contributed by atoms with van der Waals surface area (Å²) in [7, 11) is 6.51. The largest absolute Gasteiger partial charge is 1.00 e. The number of aromatic amines is 2. The number of methoxy groups -OCH3 is 3. The average Bonchev–Trinajstić information content (AvgIpc) is 1.81. The number of rotatable bonds is 15. The summed E-state index contributed by atoms with van der Waals surface area (Å²) in [6.45, 7) is 3.07. The van der Waals surface area contributed by atoms with Gasteiger partial charge < -0.3 is 45.8 Å². The molecule has 0 radical (unpaired) electrons.